The average Bonchev–Trinajstić information content (AvgIpc) is 3.51. The van der Waals surface area contributed by atoms with Crippen LogP contribution in [0.3, 0.4) is 0 Å². The van der Waals surface area contributed by atoms with E-state index in [1.54, 1.807) is 0 Å². The second kappa shape index (κ2) is 9.24. The van der Waals surface area contributed by atoms with Crippen LogP contribution in [0.1, 0.15) is 95.0 Å². The molecule has 0 saturated carbocycles. The number of hydrogen-bond acceptors (Lipinski definition) is 0. The molecule has 0 aliphatic carbocycles. The molecule has 0 radical (unpaired) electrons. The van der Waals surface area contributed by atoms with Crippen molar-refractivity contribution in [3.05, 3.63) is 88.7 Å². The fraction of sp³-hybridized carbons (Fsp3) is 0.375. The summed E-state index contributed by atoms with van der Waals surface area (Å²) in [6.45, 7) is 18.0. The molecule has 0 saturated heterocycles. The minimum Gasteiger partial charge on any atom is -0.355 e. The summed E-state index contributed by atoms with van der Waals surface area (Å²) in [7, 11) is 0. The lowest BCUT2D eigenvalue weighted by Crippen LogP contribution is -2.13. The van der Waals surface area contributed by atoms with Gasteiger partial charge in [-0.05, 0) is 122 Å². The molecule has 1 aliphatic rings. The zero-order valence-electron chi connectivity index (χ0n) is 23.1. The Morgan fingerprint density at radius 1 is 0.389 bits per heavy atom. The van der Waals surface area contributed by atoms with Crippen LogP contribution < -0.4 is 21.4 Å². The Balaban J connectivity index is 1.96. The van der Waals surface area contributed by atoms with Gasteiger partial charge in [-0.2, -0.15) is 0 Å². The first-order valence-corrected chi connectivity index (χ1v) is 13.6. The molecule has 4 heteroatoms. The number of aromatic amines is 4. The Bertz CT molecular complexity index is 1580. The van der Waals surface area contributed by atoms with E-state index >= 15 is 0 Å². The maximum atomic E-state index is 3.77. The molecule has 1 aliphatic heterocycles. The molecule has 4 aromatic heterocycles. The number of aromatic nitrogens is 4. The Hall–Kier alpha value is -3.40. The Morgan fingerprint density at radius 2 is 0.722 bits per heavy atom. The Labute approximate surface area is 214 Å². The minimum absolute atomic E-state index is 0.995. The van der Waals surface area contributed by atoms with Crippen molar-refractivity contribution in [1.82, 2.24) is 19.9 Å². The quantitative estimate of drug-likeness (QED) is 0.299. The lowest BCUT2D eigenvalue weighted by Gasteiger charge is -1.98. The summed E-state index contributed by atoms with van der Waals surface area (Å²) in [5, 5.41) is 4.77. The first-order valence-electron chi connectivity index (χ1n) is 13.6. The first-order chi connectivity index (χ1) is 17.3. The maximum absolute atomic E-state index is 3.77. The molecule has 4 N–H and O–H groups in total. The zero-order valence-corrected chi connectivity index (χ0v) is 23.1. The van der Waals surface area contributed by atoms with Gasteiger partial charge in [0.25, 0.3) is 0 Å². The number of hydrogen-bond donors (Lipinski definition) is 4. The molecule has 5 heterocycles. The van der Waals surface area contributed by atoms with Crippen molar-refractivity contribution in [2.24, 2.45) is 0 Å². The van der Waals surface area contributed by atoms with Crippen LogP contribution in [0, 0.1) is 27.7 Å². The van der Waals surface area contributed by atoms with Crippen molar-refractivity contribution in [1.29, 1.82) is 0 Å². The highest BCUT2D eigenvalue weighted by Gasteiger charge is 2.15. The second-order valence-electron chi connectivity index (χ2n) is 10.2. The van der Waals surface area contributed by atoms with Crippen molar-refractivity contribution >= 4 is 24.3 Å². The van der Waals surface area contributed by atoms with E-state index in [9.17, 15) is 0 Å². The van der Waals surface area contributed by atoms with Crippen molar-refractivity contribution in [2.75, 3.05) is 0 Å². The SMILES string of the molecule is CCc1c2[nH]c(c1C)C=c1[nH]c(c(CC)c1C)=Cc1[nH]c(c(C)c1CC)C=c1[nH]c(c(CC)c1C)=C2. The van der Waals surface area contributed by atoms with E-state index in [0.717, 1.165) is 25.7 Å². The van der Waals surface area contributed by atoms with Gasteiger partial charge in [0.15, 0.2) is 0 Å². The van der Waals surface area contributed by atoms with Gasteiger partial charge in [0.2, 0.25) is 0 Å². The van der Waals surface area contributed by atoms with Crippen molar-refractivity contribution in [3.63, 3.8) is 0 Å². The monoisotopic (exact) mass is 480 g/mol. The molecule has 0 aromatic carbocycles. The fourth-order valence-electron chi connectivity index (χ4n) is 6.19. The summed E-state index contributed by atoms with van der Waals surface area (Å²) in [4.78, 5) is 15.1. The van der Waals surface area contributed by atoms with Crippen LogP contribution in [0.15, 0.2) is 0 Å². The van der Waals surface area contributed by atoms with E-state index in [2.05, 4.69) is 99.6 Å². The van der Waals surface area contributed by atoms with E-state index in [-0.39, 0.29) is 0 Å². The molecule has 4 nitrogen and oxygen atoms in total. The van der Waals surface area contributed by atoms with E-state index in [0.29, 0.717) is 0 Å². The van der Waals surface area contributed by atoms with Crippen molar-refractivity contribution in [3.8, 4) is 0 Å². The molecule has 36 heavy (non-hydrogen) atoms. The van der Waals surface area contributed by atoms with Gasteiger partial charge in [-0.25, -0.2) is 0 Å². The summed E-state index contributed by atoms with van der Waals surface area (Å²) in [5.41, 5.74) is 15.6. The molecule has 0 unspecified atom stereocenters. The lowest BCUT2D eigenvalue weighted by atomic mass is 10.0. The van der Waals surface area contributed by atoms with Crippen LogP contribution >= 0.6 is 0 Å². The van der Waals surface area contributed by atoms with E-state index < -0.39 is 0 Å². The smallest absolute Gasteiger partial charge is 0.0441 e. The van der Waals surface area contributed by atoms with E-state index in [1.807, 2.05) is 0 Å². The van der Waals surface area contributed by atoms with Crippen molar-refractivity contribution < 1.29 is 0 Å². The van der Waals surface area contributed by atoms with Crippen LogP contribution in [0.2, 0.25) is 0 Å². The van der Waals surface area contributed by atoms with E-state index in [4.69, 9.17) is 0 Å². The molecule has 188 valence electrons. The second-order valence-corrected chi connectivity index (χ2v) is 10.2. The molecular weight excluding hydrogens is 440 g/mol. The molecule has 0 fully saturated rings. The summed E-state index contributed by atoms with van der Waals surface area (Å²) < 4.78 is 0. The fourth-order valence-corrected chi connectivity index (χ4v) is 6.19. The Kier molecular flexibility index (Phi) is 6.23. The van der Waals surface area contributed by atoms with Crippen molar-refractivity contribution in [2.45, 2.75) is 81.1 Å². The highest BCUT2D eigenvalue weighted by atomic mass is 14.8. The predicted molar refractivity (Wildman–Crippen MR) is 152 cm³/mol. The van der Waals surface area contributed by atoms with Gasteiger partial charge < -0.3 is 19.9 Å². The standard InChI is InChI=1S/C32H40N4/c1-9-21-17(5)25-13-26-19(7)23(11-3)31(35-26)16-32-24(12-4)20(8)28(36-32)14-27-18(6)22(10-2)30(34-27)15-29(21)33-25/h13-16,33-36H,9-12H2,1-8H3. The van der Waals surface area contributed by atoms with Crippen LogP contribution in [0.25, 0.3) is 24.3 Å². The third kappa shape index (κ3) is 3.75. The van der Waals surface area contributed by atoms with Crippen LogP contribution in [0.5, 0.6) is 0 Å². The van der Waals surface area contributed by atoms with E-state index in [1.165, 1.54) is 88.7 Å². The largest absolute Gasteiger partial charge is 0.355 e. The Morgan fingerprint density at radius 3 is 1.06 bits per heavy atom. The minimum atomic E-state index is 0.995. The zero-order chi connectivity index (χ0) is 25.7. The number of H-pyrrole nitrogens is 4. The van der Waals surface area contributed by atoms with Crippen LogP contribution in [0.4, 0.5) is 0 Å². The number of rotatable bonds is 4. The average molecular weight is 481 g/mol. The number of nitrogens with one attached hydrogen (secondary N) is 4. The van der Waals surface area contributed by atoms with Gasteiger partial charge in [0.1, 0.15) is 0 Å². The van der Waals surface area contributed by atoms with Gasteiger partial charge in [-0.15, -0.1) is 0 Å². The maximum Gasteiger partial charge on any atom is 0.0441 e. The third-order valence-corrected chi connectivity index (χ3v) is 8.37. The van der Waals surface area contributed by atoms with Gasteiger partial charge in [0.05, 0.1) is 0 Å². The summed E-state index contributed by atoms with van der Waals surface area (Å²) in [5.74, 6) is 0. The molecule has 0 amide bonds. The third-order valence-electron chi connectivity index (χ3n) is 8.37. The highest BCUT2D eigenvalue weighted by Crippen LogP contribution is 2.22. The predicted octanol–water partition coefficient (Wildman–Crippen LogP) is 4.11. The van der Waals surface area contributed by atoms with Crippen LogP contribution in [-0.2, 0) is 25.7 Å². The number of fused-ring (bicyclic) bond motifs is 8. The summed E-state index contributed by atoms with van der Waals surface area (Å²) in [6, 6.07) is 0. The molecule has 5 rings (SSSR count). The molecule has 4 aromatic rings. The first kappa shape index (κ1) is 24.3. The molecule has 8 bridgehead atoms. The normalized spacial score (nSPS) is 12.7. The topological polar surface area (TPSA) is 63.2 Å². The molecule has 0 atom stereocenters. The molecular formula is C32H40N4. The molecule has 0 spiro atoms. The summed E-state index contributed by atoms with van der Waals surface area (Å²) >= 11 is 0. The van der Waals surface area contributed by atoms with Gasteiger partial charge in [-0.3, -0.25) is 0 Å². The highest BCUT2D eigenvalue weighted by molar-refractivity contribution is 5.65. The van der Waals surface area contributed by atoms with Gasteiger partial charge in [-0.1, -0.05) is 27.7 Å². The van der Waals surface area contributed by atoms with Crippen LogP contribution in [-0.4, -0.2) is 19.9 Å². The van der Waals surface area contributed by atoms with Gasteiger partial charge >= 0.3 is 0 Å². The summed E-state index contributed by atoms with van der Waals surface area (Å²) in [6.07, 6.45) is 13.2. The lowest BCUT2D eigenvalue weighted by molar-refractivity contribution is 1.09. The van der Waals surface area contributed by atoms with Gasteiger partial charge in [0, 0.05) is 44.2 Å².